The summed E-state index contributed by atoms with van der Waals surface area (Å²) >= 11 is 1.76. The molecule has 18 heavy (non-hydrogen) atoms. The molecule has 0 unspecified atom stereocenters. The lowest BCUT2D eigenvalue weighted by molar-refractivity contribution is 0.102. The SMILES string of the molecule is CS[C@@H](C)c1cccc(NC(=O)c2cn[nH]n2)c1. The Labute approximate surface area is 109 Å². The molecule has 94 valence electrons. The first-order valence-electron chi connectivity index (χ1n) is 5.50. The summed E-state index contributed by atoms with van der Waals surface area (Å²) in [5.74, 6) is -0.266. The number of anilines is 1. The molecular weight excluding hydrogens is 248 g/mol. The summed E-state index contributed by atoms with van der Waals surface area (Å²) in [7, 11) is 0. The van der Waals surface area contributed by atoms with Crippen molar-refractivity contribution in [3.05, 3.63) is 41.7 Å². The lowest BCUT2D eigenvalue weighted by atomic mass is 10.1. The molecule has 0 aliphatic carbocycles. The van der Waals surface area contributed by atoms with Crippen LogP contribution in [0.3, 0.4) is 0 Å². The Morgan fingerprint density at radius 3 is 3.00 bits per heavy atom. The van der Waals surface area contributed by atoms with Crippen molar-refractivity contribution in [1.82, 2.24) is 15.4 Å². The van der Waals surface area contributed by atoms with Crippen LogP contribution in [0.1, 0.15) is 28.2 Å². The topological polar surface area (TPSA) is 70.7 Å². The molecule has 0 radical (unpaired) electrons. The van der Waals surface area contributed by atoms with Crippen molar-refractivity contribution in [2.75, 3.05) is 11.6 Å². The number of hydrogen-bond acceptors (Lipinski definition) is 4. The van der Waals surface area contributed by atoms with Gasteiger partial charge in [-0.1, -0.05) is 12.1 Å². The third-order valence-electron chi connectivity index (χ3n) is 2.62. The van der Waals surface area contributed by atoms with Crippen LogP contribution in [0.15, 0.2) is 30.5 Å². The smallest absolute Gasteiger partial charge is 0.277 e. The predicted octanol–water partition coefficient (Wildman–Crippen LogP) is 2.48. The van der Waals surface area contributed by atoms with Crippen LogP contribution in [0.2, 0.25) is 0 Å². The van der Waals surface area contributed by atoms with E-state index < -0.39 is 0 Å². The zero-order valence-electron chi connectivity index (χ0n) is 10.2. The Morgan fingerprint density at radius 1 is 1.50 bits per heavy atom. The molecule has 2 rings (SSSR count). The molecular formula is C12H14N4OS. The van der Waals surface area contributed by atoms with E-state index in [1.807, 2.05) is 24.3 Å². The van der Waals surface area contributed by atoms with E-state index in [-0.39, 0.29) is 11.6 Å². The molecule has 1 atom stereocenters. The Balaban J connectivity index is 2.12. The van der Waals surface area contributed by atoms with E-state index >= 15 is 0 Å². The number of hydrogen-bond donors (Lipinski definition) is 2. The highest BCUT2D eigenvalue weighted by molar-refractivity contribution is 7.98. The number of carbonyl (C=O) groups is 1. The molecule has 0 aliphatic heterocycles. The number of amides is 1. The van der Waals surface area contributed by atoms with Crippen molar-refractivity contribution < 1.29 is 4.79 Å². The summed E-state index contributed by atoms with van der Waals surface area (Å²) in [6.45, 7) is 2.13. The number of rotatable bonds is 4. The largest absolute Gasteiger partial charge is 0.321 e. The van der Waals surface area contributed by atoms with Gasteiger partial charge in [0.05, 0.1) is 6.20 Å². The van der Waals surface area contributed by atoms with Gasteiger partial charge < -0.3 is 5.32 Å². The molecule has 0 spiro atoms. The summed E-state index contributed by atoms with van der Waals surface area (Å²) < 4.78 is 0. The van der Waals surface area contributed by atoms with Crippen LogP contribution in [0.4, 0.5) is 5.69 Å². The first-order valence-corrected chi connectivity index (χ1v) is 6.79. The van der Waals surface area contributed by atoms with Gasteiger partial charge in [0, 0.05) is 10.9 Å². The minimum Gasteiger partial charge on any atom is -0.321 e. The van der Waals surface area contributed by atoms with Crippen LogP contribution in [0, 0.1) is 0 Å². The zero-order valence-corrected chi connectivity index (χ0v) is 11.0. The third kappa shape index (κ3) is 2.89. The van der Waals surface area contributed by atoms with Crippen LogP contribution >= 0.6 is 11.8 Å². The highest BCUT2D eigenvalue weighted by Gasteiger charge is 2.10. The number of H-pyrrole nitrogens is 1. The highest BCUT2D eigenvalue weighted by Crippen LogP contribution is 2.27. The molecule has 6 heteroatoms. The Kier molecular flexibility index (Phi) is 3.99. The molecule has 0 aliphatic rings. The molecule has 0 saturated heterocycles. The van der Waals surface area contributed by atoms with Gasteiger partial charge in [0.1, 0.15) is 0 Å². The van der Waals surface area contributed by atoms with Crippen LogP contribution in [0.25, 0.3) is 0 Å². The van der Waals surface area contributed by atoms with Gasteiger partial charge in [-0.3, -0.25) is 4.79 Å². The molecule has 0 saturated carbocycles. The van der Waals surface area contributed by atoms with E-state index in [4.69, 9.17) is 0 Å². The maximum Gasteiger partial charge on any atom is 0.277 e. The van der Waals surface area contributed by atoms with Crippen LogP contribution in [0.5, 0.6) is 0 Å². The van der Waals surface area contributed by atoms with Crippen LogP contribution in [-0.2, 0) is 0 Å². The average Bonchev–Trinajstić information content (AvgIpc) is 2.92. The van der Waals surface area contributed by atoms with Crippen LogP contribution in [-0.4, -0.2) is 27.6 Å². The monoisotopic (exact) mass is 262 g/mol. The molecule has 0 bridgehead atoms. The lowest BCUT2D eigenvalue weighted by Crippen LogP contribution is -2.12. The van der Waals surface area contributed by atoms with Crippen LogP contribution < -0.4 is 5.32 Å². The Morgan fingerprint density at radius 2 is 2.33 bits per heavy atom. The summed E-state index contributed by atoms with van der Waals surface area (Å²) in [6.07, 6.45) is 3.45. The van der Waals surface area contributed by atoms with Crippen molar-refractivity contribution in [2.45, 2.75) is 12.2 Å². The van der Waals surface area contributed by atoms with Gasteiger partial charge in [0.15, 0.2) is 5.69 Å². The van der Waals surface area contributed by atoms with Gasteiger partial charge in [-0.05, 0) is 30.9 Å². The molecule has 5 nitrogen and oxygen atoms in total. The number of aromatic nitrogens is 3. The second kappa shape index (κ2) is 5.68. The summed E-state index contributed by atoms with van der Waals surface area (Å²) in [5.41, 5.74) is 2.22. The second-order valence-electron chi connectivity index (χ2n) is 3.81. The molecule has 1 aromatic heterocycles. The van der Waals surface area contributed by atoms with Crippen molar-refractivity contribution in [3.63, 3.8) is 0 Å². The average molecular weight is 262 g/mol. The first-order chi connectivity index (χ1) is 8.70. The third-order valence-corrected chi connectivity index (χ3v) is 3.59. The second-order valence-corrected chi connectivity index (χ2v) is 4.99. The van der Waals surface area contributed by atoms with Crippen molar-refractivity contribution in [2.24, 2.45) is 0 Å². The minimum atomic E-state index is -0.266. The minimum absolute atomic E-state index is 0.266. The quantitative estimate of drug-likeness (QED) is 0.888. The molecule has 1 heterocycles. The van der Waals surface area contributed by atoms with Crippen molar-refractivity contribution >= 4 is 23.4 Å². The van der Waals surface area contributed by atoms with Gasteiger partial charge >= 0.3 is 0 Å². The van der Waals surface area contributed by atoms with E-state index in [9.17, 15) is 4.79 Å². The van der Waals surface area contributed by atoms with Gasteiger partial charge in [-0.2, -0.15) is 27.2 Å². The maximum absolute atomic E-state index is 11.8. The summed E-state index contributed by atoms with van der Waals surface area (Å²) in [6, 6.07) is 7.81. The standard InChI is InChI=1S/C12H14N4OS/c1-8(18-2)9-4-3-5-10(6-9)14-12(17)11-7-13-16-15-11/h3-8H,1-2H3,(H,14,17)(H,13,15,16)/t8-/m0/s1. The molecule has 1 aromatic carbocycles. The van der Waals surface area contributed by atoms with E-state index in [1.165, 1.54) is 11.8 Å². The number of nitrogens with zero attached hydrogens (tertiary/aromatic N) is 2. The van der Waals surface area contributed by atoms with Gasteiger partial charge in [0.2, 0.25) is 0 Å². The summed E-state index contributed by atoms with van der Waals surface area (Å²) in [5, 5.41) is 12.9. The zero-order chi connectivity index (χ0) is 13.0. The molecule has 0 fully saturated rings. The highest BCUT2D eigenvalue weighted by atomic mass is 32.2. The van der Waals surface area contributed by atoms with E-state index in [1.54, 1.807) is 11.8 Å². The van der Waals surface area contributed by atoms with Crippen molar-refractivity contribution in [3.8, 4) is 0 Å². The Bertz CT molecular complexity index is 527. The normalized spacial score (nSPS) is 12.1. The molecule has 2 N–H and O–H groups in total. The fraction of sp³-hybridized carbons (Fsp3) is 0.250. The number of benzene rings is 1. The van der Waals surface area contributed by atoms with E-state index in [2.05, 4.69) is 33.9 Å². The lowest BCUT2D eigenvalue weighted by Gasteiger charge is -2.10. The number of aromatic amines is 1. The number of thioether (sulfide) groups is 1. The summed E-state index contributed by atoms with van der Waals surface area (Å²) in [4.78, 5) is 11.8. The fourth-order valence-electron chi connectivity index (χ4n) is 1.51. The predicted molar refractivity (Wildman–Crippen MR) is 72.7 cm³/mol. The Hall–Kier alpha value is -1.82. The molecule has 2 aromatic rings. The van der Waals surface area contributed by atoms with Gasteiger partial charge in [-0.25, -0.2) is 0 Å². The van der Waals surface area contributed by atoms with E-state index in [0.29, 0.717) is 5.25 Å². The van der Waals surface area contributed by atoms with E-state index in [0.717, 1.165) is 5.69 Å². The van der Waals surface area contributed by atoms with Crippen molar-refractivity contribution in [1.29, 1.82) is 0 Å². The first kappa shape index (κ1) is 12.6. The maximum atomic E-state index is 11.8. The number of carbonyl (C=O) groups excluding carboxylic acids is 1. The van der Waals surface area contributed by atoms with Gasteiger partial charge in [0.25, 0.3) is 5.91 Å². The number of nitrogens with one attached hydrogen (secondary N) is 2. The van der Waals surface area contributed by atoms with Gasteiger partial charge in [-0.15, -0.1) is 0 Å². The molecule has 1 amide bonds. The fourth-order valence-corrected chi connectivity index (χ4v) is 1.93.